The summed E-state index contributed by atoms with van der Waals surface area (Å²) in [5, 5.41) is 6.32. The van der Waals surface area contributed by atoms with Crippen LogP contribution in [-0.2, 0) is 0 Å². The predicted molar refractivity (Wildman–Crippen MR) is 46.8 cm³/mol. The summed E-state index contributed by atoms with van der Waals surface area (Å²) in [5.41, 5.74) is 0.840. The molecule has 0 aliphatic heterocycles. The van der Waals surface area contributed by atoms with Gasteiger partial charge in [-0.1, -0.05) is 18.2 Å². The first-order valence-corrected chi connectivity index (χ1v) is 3.73. The maximum atomic E-state index is 10.6. The van der Waals surface area contributed by atoms with E-state index in [0.717, 1.165) is 5.69 Å². The third-order valence-electron chi connectivity index (χ3n) is 1.48. The highest BCUT2D eigenvalue weighted by Gasteiger charge is 1.98. The number of nitrogens with one attached hydrogen (secondary N) is 2. The summed E-state index contributed by atoms with van der Waals surface area (Å²) < 4.78 is 4.31. The van der Waals surface area contributed by atoms with Crippen molar-refractivity contribution in [1.82, 2.24) is 10.1 Å². The van der Waals surface area contributed by atoms with Gasteiger partial charge in [0.1, 0.15) is 0 Å². The maximum absolute atomic E-state index is 10.6. The van der Waals surface area contributed by atoms with Gasteiger partial charge in [-0.3, -0.25) is 9.51 Å². The van der Waals surface area contributed by atoms with E-state index in [1.165, 1.54) is 0 Å². The molecule has 5 heteroatoms. The number of rotatable bonds is 2. The van der Waals surface area contributed by atoms with E-state index in [4.69, 9.17) is 0 Å². The maximum Gasteiger partial charge on any atom is 0.440 e. The van der Waals surface area contributed by atoms with Crippen LogP contribution in [0.4, 0.5) is 11.6 Å². The van der Waals surface area contributed by atoms with Gasteiger partial charge in [0.25, 0.3) is 0 Å². The van der Waals surface area contributed by atoms with Crippen LogP contribution in [0.25, 0.3) is 0 Å². The smallest absolute Gasteiger partial charge is 0.323 e. The van der Waals surface area contributed by atoms with Crippen LogP contribution < -0.4 is 11.1 Å². The van der Waals surface area contributed by atoms with Crippen molar-refractivity contribution in [1.29, 1.82) is 0 Å². The predicted octanol–water partition coefficient (Wildman–Crippen LogP) is 1.11. The summed E-state index contributed by atoms with van der Waals surface area (Å²) in [6.45, 7) is 0. The number of para-hydroxylation sites is 1. The van der Waals surface area contributed by atoms with Gasteiger partial charge in [0.2, 0.25) is 5.95 Å². The van der Waals surface area contributed by atoms with Crippen molar-refractivity contribution in [2.75, 3.05) is 5.32 Å². The molecule has 0 spiro atoms. The average Bonchev–Trinajstić information content (AvgIpc) is 2.53. The van der Waals surface area contributed by atoms with E-state index in [1.807, 2.05) is 30.3 Å². The molecule has 0 bridgehead atoms. The van der Waals surface area contributed by atoms with Gasteiger partial charge in [-0.25, -0.2) is 4.79 Å². The molecule has 0 unspecified atom stereocenters. The first-order valence-electron chi connectivity index (χ1n) is 3.73. The normalized spacial score (nSPS) is 9.85. The van der Waals surface area contributed by atoms with E-state index in [0.29, 0.717) is 5.95 Å². The molecule has 2 aromatic rings. The Kier molecular flexibility index (Phi) is 1.84. The molecule has 1 heterocycles. The van der Waals surface area contributed by atoms with E-state index >= 15 is 0 Å². The number of hydrogen-bond acceptors (Lipinski definition) is 4. The number of nitrogens with zero attached hydrogens (tertiary/aromatic N) is 1. The molecule has 2 N–H and O–H groups in total. The molecule has 5 nitrogen and oxygen atoms in total. The van der Waals surface area contributed by atoms with Gasteiger partial charge in [-0.2, -0.15) is 0 Å². The minimum Gasteiger partial charge on any atom is -0.323 e. The molecule has 66 valence electrons. The highest BCUT2D eigenvalue weighted by Crippen LogP contribution is 2.09. The Balaban J connectivity index is 2.20. The molecule has 0 aliphatic rings. The van der Waals surface area contributed by atoms with Gasteiger partial charge in [0, 0.05) is 5.69 Å². The number of anilines is 2. The second kappa shape index (κ2) is 3.14. The standard InChI is InChI=1S/C8H7N3O2/c12-8-10-7(11-13-8)9-6-4-2-1-3-5-6/h1-5H,(H2,9,10,11,12). The Morgan fingerprint density at radius 2 is 2.08 bits per heavy atom. The monoisotopic (exact) mass is 177 g/mol. The molecule has 0 aliphatic carbocycles. The zero-order valence-corrected chi connectivity index (χ0v) is 6.65. The second-order valence-corrected chi connectivity index (χ2v) is 2.43. The molecule has 13 heavy (non-hydrogen) atoms. The highest BCUT2D eigenvalue weighted by molar-refractivity contribution is 5.51. The second-order valence-electron chi connectivity index (χ2n) is 2.43. The number of aromatic amines is 1. The summed E-state index contributed by atoms with van der Waals surface area (Å²) in [6, 6.07) is 9.36. The lowest BCUT2D eigenvalue weighted by molar-refractivity contribution is 0.388. The minimum atomic E-state index is -0.571. The molecule has 1 aromatic heterocycles. The molecule has 0 atom stereocenters. The first kappa shape index (κ1) is 7.60. The lowest BCUT2D eigenvalue weighted by Gasteiger charge is -1.98. The average molecular weight is 177 g/mol. The van der Waals surface area contributed by atoms with Gasteiger partial charge in [0.05, 0.1) is 0 Å². The lowest BCUT2D eigenvalue weighted by Crippen LogP contribution is -1.97. The summed E-state index contributed by atoms with van der Waals surface area (Å²) >= 11 is 0. The molecule has 0 radical (unpaired) electrons. The van der Waals surface area contributed by atoms with Gasteiger partial charge < -0.3 is 5.32 Å². The van der Waals surface area contributed by atoms with Crippen LogP contribution >= 0.6 is 0 Å². The quantitative estimate of drug-likeness (QED) is 0.720. The molecule has 0 saturated heterocycles. The van der Waals surface area contributed by atoms with Gasteiger partial charge in [0.15, 0.2) is 0 Å². The minimum absolute atomic E-state index is 0.302. The van der Waals surface area contributed by atoms with E-state index in [9.17, 15) is 4.79 Å². The van der Waals surface area contributed by atoms with E-state index in [1.54, 1.807) is 0 Å². The summed E-state index contributed by atoms with van der Waals surface area (Å²) in [4.78, 5) is 12.9. The van der Waals surface area contributed by atoms with Crippen LogP contribution in [0.15, 0.2) is 39.6 Å². The zero-order valence-electron chi connectivity index (χ0n) is 6.65. The fraction of sp³-hybridized carbons (Fsp3) is 0. The molecule has 1 aromatic carbocycles. The zero-order chi connectivity index (χ0) is 9.10. The largest absolute Gasteiger partial charge is 0.440 e. The first-order chi connectivity index (χ1) is 6.34. The summed E-state index contributed by atoms with van der Waals surface area (Å²) in [7, 11) is 0. The lowest BCUT2D eigenvalue weighted by atomic mass is 10.3. The molecule has 0 saturated carbocycles. The van der Waals surface area contributed by atoms with Gasteiger partial charge >= 0.3 is 5.76 Å². The fourth-order valence-electron chi connectivity index (χ4n) is 0.942. The third-order valence-corrected chi connectivity index (χ3v) is 1.48. The number of hydrogen-bond donors (Lipinski definition) is 2. The number of H-pyrrole nitrogens is 1. The van der Waals surface area contributed by atoms with Crippen molar-refractivity contribution in [3.05, 3.63) is 40.9 Å². The van der Waals surface area contributed by atoms with E-state index in [-0.39, 0.29) is 0 Å². The molecule has 0 amide bonds. The van der Waals surface area contributed by atoms with Gasteiger partial charge in [-0.05, 0) is 17.3 Å². The van der Waals surface area contributed by atoms with Crippen LogP contribution in [0, 0.1) is 0 Å². The molecular weight excluding hydrogens is 170 g/mol. The molecule has 2 rings (SSSR count). The van der Waals surface area contributed by atoms with Crippen molar-refractivity contribution < 1.29 is 4.52 Å². The van der Waals surface area contributed by atoms with Crippen LogP contribution in [0.2, 0.25) is 0 Å². The van der Waals surface area contributed by atoms with E-state index in [2.05, 4.69) is 20.0 Å². The van der Waals surface area contributed by atoms with Gasteiger partial charge in [-0.15, -0.1) is 0 Å². The fourth-order valence-corrected chi connectivity index (χ4v) is 0.942. The Labute approximate surface area is 73.4 Å². The Hall–Kier alpha value is -2.04. The van der Waals surface area contributed by atoms with Crippen LogP contribution in [0.1, 0.15) is 0 Å². The summed E-state index contributed by atoms with van der Waals surface area (Å²) in [5.74, 6) is -0.269. The van der Waals surface area contributed by atoms with E-state index < -0.39 is 5.76 Å². The van der Waals surface area contributed by atoms with Crippen molar-refractivity contribution in [2.45, 2.75) is 0 Å². The van der Waals surface area contributed by atoms with Crippen LogP contribution in [0.3, 0.4) is 0 Å². The van der Waals surface area contributed by atoms with Crippen molar-refractivity contribution >= 4 is 11.6 Å². The number of aromatic nitrogens is 2. The SMILES string of the molecule is O=c1[nH]c(Nc2ccccc2)no1. The number of benzene rings is 1. The Bertz CT molecular complexity index is 432. The van der Waals surface area contributed by atoms with Crippen LogP contribution in [-0.4, -0.2) is 10.1 Å². The summed E-state index contributed by atoms with van der Waals surface area (Å²) in [6.07, 6.45) is 0. The van der Waals surface area contributed by atoms with Crippen molar-refractivity contribution in [3.63, 3.8) is 0 Å². The Morgan fingerprint density at radius 3 is 2.69 bits per heavy atom. The van der Waals surface area contributed by atoms with Crippen molar-refractivity contribution in [2.24, 2.45) is 0 Å². The molecule has 0 fully saturated rings. The topological polar surface area (TPSA) is 70.9 Å². The van der Waals surface area contributed by atoms with Crippen molar-refractivity contribution in [3.8, 4) is 0 Å². The van der Waals surface area contributed by atoms with Crippen LogP contribution in [0.5, 0.6) is 0 Å². The molecular formula is C8H7N3O2. The highest BCUT2D eigenvalue weighted by atomic mass is 16.5. The Morgan fingerprint density at radius 1 is 1.31 bits per heavy atom. The third kappa shape index (κ3) is 1.76.